The van der Waals surface area contributed by atoms with Crippen molar-refractivity contribution < 1.29 is 32.6 Å². The molecule has 11 nitrogen and oxygen atoms in total. The van der Waals surface area contributed by atoms with Gasteiger partial charge in [-0.25, -0.2) is 8.42 Å². The smallest absolute Gasteiger partial charge is 0.261 e. The number of likely N-dealkylation sites (N-methyl/N-ethyl adjacent to an activating group) is 1. The summed E-state index contributed by atoms with van der Waals surface area (Å²) in [6.45, 7) is 6.30. The highest BCUT2D eigenvalue weighted by atomic mass is 32.2. The number of ether oxygens (including phenoxy) is 2. The number of carbonyl (C=O) groups excluding carboxylic acids is 2. The van der Waals surface area contributed by atoms with Gasteiger partial charge >= 0.3 is 0 Å². The van der Waals surface area contributed by atoms with Gasteiger partial charge in [0.25, 0.3) is 21.8 Å². The first-order valence-electron chi connectivity index (χ1n) is 15.6. The number of hydrogen-bond donors (Lipinski definition) is 2. The Kier molecular flexibility index (Phi) is 12.1. The van der Waals surface area contributed by atoms with Crippen LogP contribution in [-0.4, -0.2) is 91.7 Å². The molecule has 0 fully saturated rings. The summed E-state index contributed by atoms with van der Waals surface area (Å²) in [6, 6.07) is 15.4. The van der Waals surface area contributed by atoms with Crippen LogP contribution in [0.15, 0.2) is 78.0 Å². The summed E-state index contributed by atoms with van der Waals surface area (Å²) in [6.07, 6.45) is 4.81. The number of sulfonamides is 1. The number of benzene rings is 2. The van der Waals surface area contributed by atoms with Gasteiger partial charge < -0.3 is 24.4 Å². The Morgan fingerprint density at radius 3 is 2.52 bits per heavy atom. The Bertz CT molecular complexity index is 1560. The fourth-order valence-corrected chi connectivity index (χ4v) is 6.40. The fourth-order valence-electron chi connectivity index (χ4n) is 5.33. The Balaban J connectivity index is 1.66. The largest absolute Gasteiger partial charge is 0.490 e. The lowest BCUT2D eigenvalue weighted by Gasteiger charge is -2.36. The zero-order chi connectivity index (χ0) is 33.3. The number of nitrogens with one attached hydrogen (secondary N) is 1. The van der Waals surface area contributed by atoms with E-state index >= 15 is 0 Å². The summed E-state index contributed by atoms with van der Waals surface area (Å²) in [5, 5.41) is 10.2. The van der Waals surface area contributed by atoms with Crippen LogP contribution in [0.2, 0.25) is 0 Å². The maximum Gasteiger partial charge on any atom is 0.261 e. The van der Waals surface area contributed by atoms with E-state index in [0.29, 0.717) is 30.9 Å². The van der Waals surface area contributed by atoms with Crippen LogP contribution in [0.3, 0.4) is 0 Å². The maximum atomic E-state index is 14.3. The number of rotatable bonds is 8. The predicted molar refractivity (Wildman–Crippen MR) is 175 cm³/mol. The van der Waals surface area contributed by atoms with Crippen molar-refractivity contribution in [2.45, 2.75) is 63.2 Å². The molecule has 0 spiro atoms. The number of anilines is 1. The lowest BCUT2D eigenvalue weighted by Crippen LogP contribution is -2.48. The number of carbonyl (C=O) groups is 2. The minimum absolute atomic E-state index is 0.0917. The van der Waals surface area contributed by atoms with E-state index in [1.165, 1.54) is 18.2 Å². The van der Waals surface area contributed by atoms with Crippen molar-refractivity contribution in [1.29, 1.82) is 0 Å². The molecule has 3 aromatic rings. The molecule has 4 rings (SSSR count). The average Bonchev–Trinajstić information content (AvgIpc) is 3.06. The molecule has 1 aliphatic rings. The highest BCUT2D eigenvalue weighted by Crippen LogP contribution is 2.29. The molecule has 1 aliphatic heterocycles. The van der Waals surface area contributed by atoms with Gasteiger partial charge in [-0.1, -0.05) is 25.1 Å². The summed E-state index contributed by atoms with van der Waals surface area (Å²) in [4.78, 5) is 34.7. The second-order valence-electron chi connectivity index (χ2n) is 11.9. The molecule has 12 heteroatoms. The molecule has 0 unspecified atom stereocenters. The van der Waals surface area contributed by atoms with Crippen molar-refractivity contribution in [3.8, 4) is 5.75 Å². The monoisotopic (exact) mass is 652 g/mol. The molecule has 2 heterocycles. The third-order valence-corrected chi connectivity index (χ3v) is 9.48. The van der Waals surface area contributed by atoms with Crippen molar-refractivity contribution in [1.82, 2.24) is 14.8 Å². The Labute approximate surface area is 271 Å². The van der Waals surface area contributed by atoms with Crippen molar-refractivity contribution >= 4 is 27.5 Å². The average molecular weight is 653 g/mol. The molecule has 2 aromatic carbocycles. The molecule has 0 aliphatic carbocycles. The first kappa shape index (κ1) is 34.9. The minimum Gasteiger partial charge on any atom is -0.490 e. The van der Waals surface area contributed by atoms with Gasteiger partial charge in [0.2, 0.25) is 0 Å². The van der Waals surface area contributed by atoms with Crippen LogP contribution in [0.25, 0.3) is 0 Å². The van der Waals surface area contributed by atoms with Crippen LogP contribution >= 0.6 is 0 Å². The van der Waals surface area contributed by atoms with Gasteiger partial charge in [-0.3, -0.25) is 19.3 Å². The summed E-state index contributed by atoms with van der Waals surface area (Å²) >= 11 is 0. The normalized spacial score (nSPS) is 20.5. The summed E-state index contributed by atoms with van der Waals surface area (Å²) in [5.41, 5.74) is 0.892. The van der Waals surface area contributed by atoms with Crippen LogP contribution in [0, 0.1) is 5.92 Å². The number of aromatic nitrogens is 1. The van der Waals surface area contributed by atoms with Crippen LogP contribution in [0.1, 0.15) is 60.7 Å². The molecule has 0 bridgehead atoms. The minimum atomic E-state index is -3.91. The number of hydrogen-bond acceptors (Lipinski definition) is 8. The predicted octanol–water partition coefficient (Wildman–Crippen LogP) is 4.45. The van der Waals surface area contributed by atoms with Crippen molar-refractivity contribution in [3.63, 3.8) is 0 Å². The van der Waals surface area contributed by atoms with E-state index in [1.54, 1.807) is 78.6 Å². The van der Waals surface area contributed by atoms with Gasteiger partial charge in [0.1, 0.15) is 5.75 Å². The topological polar surface area (TPSA) is 138 Å². The molecular formula is C34H44N4O7S. The van der Waals surface area contributed by atoms with E-state index < -0.39 is 28.1 Å². The number of nitrogens with zero attached hydrogens (tertiary/aromatic N) is 3. The Morgan fingerprint density at radius 2 is 1.83 bits per heavy atom. The molecule has 4 atom stereocenters. The van der Waals surface area contributed by atoms with Crippen molar-refractivity contribution in [2.75, 3.05) is 38.1 Å². The number of aliphatic hydroxyl groups is 1. The molecule has 46 heavy (non-hydrogen) atoms. The van der Waals surface area contributed by atoms with Crippen LogP contribution in [0.4, 0.5) is 5.69 Å². The summed E-state index contributed by atoms with van der Waals surface area (Å²) in [7, 11) is -2.20. The highest BCUT2D eigenvalue weighted by molar-refractivity contribution is 7.92. The number of aliphatic hydroxyl groups excluding tert-OH is 1. The first-order chi connectivity index (χ1) is 22.0. The zero-order valence-electron chi connectivity index (χ0n) is 26.8. The third kappa shape index (κ3) is 9.05. The number of pyridine rings is 1. The van der Waals surface area contributed by atoms with Crippen molar-refractivity contribution in [2.24, 2.45) is 5.92 Å². The summed E-state index contributed by atoms with van der Waals surface area (Å²) < 4.78 is 41.3. The molecule has 0 saturated carbocycles. The van der Waals surface area contributed by atoms with Crippen LogP contribution in [-0.2, 0) is 14.8 Å². The highest BCUT2D eigenvalue weighted by Gasteiger charge is 2.31. The number of fused-ring (bicyclic) bond motifs is 1. The zero-order valence-corrected chi connectivity index (χ0v) is 27.7. The van der Waals surface area contributed by atoms with E-state index in [4.69, 9.17) is 9.47 Å². The molecule has 2 amide bonds. The van der Waals surface area contributed by atoms with E-state index in [-0.39, 0.29) is 47.2 Å². The van der Waals surface area contributed by atoms with Gasteiger partial charge in [-0.2, -0.15) is 0 Å². The van der Waals surface area contributed by atoms with E-state index in [9.17, 15) is 23.1 Å². The molecule has 2 N–H and O–H groups in total. The van der Waals surface area contributed by atoms with Gasteiger partial charge in [0.15, 0.2) is 0 Å². The first-order valence-corrected chi connectivity index (χ1v) is 17.1. The SMILES string of the molecule is C[C@H]1CCCCO[C@H](CN(C)C(=O)c2ccncc2)[C@@H](C)CN([C@@H](C)CO)C(=O)c2cc(NS(=O)(=O)c3ccccc3)ccc2O1. The van der Waals surface area contributed by atoms with Crippen LogP contribution in [0.5, 0.6) is 5.75 Å². The fraction of sp³-hybridized carbons (Fsp3) is 0.441. The van der Waals surface area contributed by atoms with Gasteiger partial charge in [-0.05, 0) is 75.6 Å². The van der Waals surface area contributed by atoms with Gasteiger partial charge in [0, 0.05) is 56.3 Å². The Morgan fingerprint density at radius 1 is 1.11 bits per heavy atom. The van der Waals surface area contributed by atoms with Crippen molar-refractivity contribution in [3.05, 3.63) is 84.2 Å². The van der Waals surface area contributed by atoms with E-state index in [2.05, 4.69) is 9.71 Å². The second kappa shape index (κ2) is 16.0. The van der Waals surface area contributed by atoms with Gasteiger partial charge in [0.05, 0.1) is 35.3 Å². The van der Waals surface area contributed by atoms with Gasteiger partial charge in [-0.15, -0.1) is 0 Å². The maximum absolute atomic E-state index is 14.3. The van der Waals surface area contributed by atoms with Crippen LogP contribution < -0.4 is 9.46 Å². The lowest BCUT2D eigenvalue weighted by atomic mass is 10.0. The quantitative estimate of drug-likeness (QED) is 0.364. The molecule has 248 valence electrons. The molecule has 1 aromatic heterocycles. The lowest BCUT2D eigenvalue weighted by molar-refractivity contribution is -0.0149. The standard InChI is InChI=1S/C34H44N4O7S/c1-24-21-38(25(2)23-39)34(41)30-20-28(36-46(42,43)29-11-6-5-7-12-29)13-14-31(30)45-26(3)10-8-9-19-44-32(24)22-37(4)33(40)27-15-17-35-18-16-27/h5-7,11-18,20,24-26,32,36,39H,8-10,19,21-23H2,1-4H3/t24-,25-,26-,32+/m0/s1. The molecule has 0 radical (unpaired) electrons. The molecule has 0 saturated heterocycles. The number of amides is 2. The third-order valence-electron chi connectivity index (χ3n) is 8.09. The van der Waals surface area contributed by atoms with E-state index in [0.717, 1.165) is 12.8 Å². The second-order valence-corrected chi connectivity index (χ2v) is 13.5. The Hall–Kier alpha value is -4.00. The molecular weight excluding hydrogens is 608 g/mol. The van der Waals surface area contributed by atoms with E-state index in [1.807, 2.05) is 13.8 Å². The summed E-state index contributed by atoms with van der Waals surface area (Å²) in [5.74, 6) is -0.500.